The lowest BCUT2D eigenvalue weighted by Crippen LogP contribution is -2.09. The molecule has 1 aromatic heterocycles. The van der Waals surface area contributed by atoms with Crippen molar-refractivity contribution in [3.63, 3.8) is 0 Å². The van der Waals surface area contributed by atoms with E-state index in [0.29, 0.717) is 11.4 Å². The van der Waals surface area contributed by atoms with Gasteiger partial charge in [0, 0.05) is 11.8 Å². The number of aromatic nitrogens is 1. The highest BCUT2D eigenvalue weighted by molar-refractivity contribution is 9.10. The number of nitrogens with two attached hydrogens (primary N) is 1. The van der Waals surface area contributed by atoms with Crippen LogP contribution in [0.25, 0.3) is 11.1 Å². The maximum absolute atomic E-state index is 8.74. The van der Waals surface area contributed by atoms with Crippen molar-refractivity contribution in [2.45, 2.75) is 0 Å². The summed E-state index contributed by atoms with van der Waals surface area (Å²) in [5.41, 5.74) is 5.12. The molecular weight excluding hydrogens is 280 g/mol. The first-order chi connectivity index (χ1) is 8.26. The maximum Gasteiger partial charge on any atom is 0.154 e. The van der Waals surface area contributed by atoms with Gasteiger partial charge in [0.2, 0.25) is 0 Å². The molecule has 0 saturated carbocycles. The summed E-state index contributed by atoms with van der Waals surface area (Å²) in [5, 5.41) is 8.74. The van der Waals surface area contributed by atoms with E-state index < -0.39 is 0 Å². The quantitative estimate of drug-likeness (QED) is 0.658. The normalized spacial score (nSPS) is 9.71. The Morgan fingerprint density at radius 2 is 1.94 bits per heavy atom. The Balaban J connectivity index is 2.49. The van der Waals surface area contributed by atoms with E-state index in [-0.39, 0.29) is 0 Å². The molecule has 5 heteroatoms. The number of nitrogen functional groups attached to an aromatic ring is 1. The molecule has 2 aromatic rings. The molecule has 84 valence electrons. The van der Waals surface area contributed by atoms with Crippen LogP contribution in [0, 0.1) is 11.3 Å². The minimum atomic E-state index is 0.576. The Hall–Kier alpha value is -1.90. The van der Waals surface area contributed by atoms with E-state index in [1.807, 2.05) is 18.2 Å². The number of nitriles is 1. The molecule has 0 amide bonds. The Kier molecular flexibility index (Phi) is 3.38. The van der Waals surface area contributed by atoms with E-state index in [2.05, 4.69) is 32.4 Å². The molecule has 2 rings (SSSR count). The van der Waals surface area contributed by atoms with Crippen molar-refractivity contribution in [2.24, 2.45) is 5.84 Å². The lowest BCUT2D eigenvalue weighted by Gasteiger charge is -2.08. The van der Waals surface area contributed by atoms with Crippen molar-refractivity contribution in [3.8, 4) is 17.2 Å². The molecule has 3 N–H and O–H groups in total. The summed E-state index contributed by atoms with van der Waals surface area (Å²) in [4.78, 5) is 4.08. The minimum Gasteiger partial charge on any atom is -0.308 e. The zero-order valence-electron chi connectivity index (χ0n) is 8.81. The molecule has 0 atom stereocenters. The fourth-order valence-electron chi connectivity index (χ4n) is 1.49. The highest BCUT2D eigenvalue weighted by Crippen LogP contribution is 2.32. The first-order valence-corrected chi connectivity index (χ1v) is 5.67. The van der Waals surface area contributed by atoms with Gasteiger partial charge in [-0.15, -0.1) is 0 Å². The summed E-state index contributed by atoms with van der Waals surface area (Å²) >= 11 is 3.44. The zero-order valence-corrected chi connectivity index (χ0v) is 10.4. The molecule has 0 unspecified atom stereocenters. The van der Waals surface area contributed by atoms with E-state index in [1.54, 1.807) is 18.3 Å². The molecule has 0 aliphatic heterocycles. The molecular formula is C12H9BrN4. The fraction of sp³-hybridized carbons (Fsp3) is 0. The van der Waals surface area contributed by atoms with Crippen LogP contribution in [0.3, 0.4) is 0 Å². The SMILES string of the molecule is N#Cc1ccc(-c2ccnc(NN)c2Br)cc1. The molecule has 1 aromatic carbocycles. The number of hydrogen-bond donors (Lipinski definition) is 2. The second-order valence-corrected chi connectivity index (χ2v) is 4.15. The Labute approximate surface area is 107 Å². The average molecular weight is 289 g/mol. The predicted octanol–water partition coefficient (Wildman–Crippen LogP) is 2.67. The molecule has 0 saturated heterocycles. The van der Waals surface area contributed by atoms with Crippen LogP contribution in [0.15, 0.2) is 41.0 Å². The van der Waals surface area contributed by atoms with Crippen LogP contribution < -0.4 is 11.3 Å². The summed E-state index contributed by atoms with van der Waals surface area (Å²) < 4.78 is 0.798. The van der Waals surface area contributed by atoms with Crippen LogP contribution in [-0.2, 0) is 0 Å². The zero-order chi connectivity index (χ0) is 12.3. The summed E-state index contributed by atoms with van der Waals surface area (Å²) in [6.07, 6.45) is 1.67. The monoisotopic (exact) mass is 288 g/mol. The molecule has 0 radical (unpaired) electrons. The number of rotatable bonds is 2. The van der Waals surface area contributed by atoms with Gasteiger partial charge in [0.25, 0.3) is 0 Å². The van der Waals surface area contributed by atoms with Crippen LogP contribution in [0.2, 0.25) is 0 Å². The molecule has 1 heterocycles. The van der Waals surface area contributed by atoms with Gasteiger partial charge >= 0.3 is 0 Å². The molecule has 0 fully saturated rings. The van der Waals surface area contributed by atoms with Crippen LogP contribution in [0.5, 0.6) is 0 Å². The lowest BCUT2D eigenvalue weighted by atomic mass is 10.1. The van der Waals surface area contributed by atoms with Gasteiger partial charge in [-0.1, -0.05) is 12.1 Å². The third kappa shape index (κ3) is 2.28. The molecule has 17 heavy (non-hydrogen) atoms. The highest BCUT2D eigenvalue weighted by Gasteiger charge is 2.07. The van der Waals surface area contributed by atoms with Crippen molar-refractivity contribution in [3.05, 3.63) is 46.6 Å². The van der Waals surface area contributed by atoms with Crippen LogP contribution in [0.4, 0.5) is 5.82 Å². The van der Waals surface area contributed by atoms with Crippen molar-refractivity contribution >= 4 is 21.7 Å². The fourth-order valence-corrected chi connectivity index (χ4v) is 2.07. The summed E-state index contributed by atoms with van der Waals surface area (Å²) in [6, 6.07) is 11.3. The van der Waals surface area contributed by atoms with E-state index >= 15 is 0 Å². The van der Waals surface area contributed by atoms with E-state index in [9.17, 15) is 0 Å². The van der Waals surface area contributed by atoms with Crippen molar-refractivity contribution in [1.29, 1.82) is 5.26 Å². The van der Waals surface area contributed by atoms with Crippen molar-refractivity contribution in [1.82, 2.24) is 4.98 Å². The molecule has 0 bridgehead atoms. The smallest absolute Gasteiger partial charge is 0.154 e. The van der Waals surface area contributed by atoms with Gasteiger partial charge < -0.3 is 5.43 Å². The second-order valence-electron chi connectivity index (χ2n) is 3.35. The van der Waals surface area contributed by atoms with Crippen LogP contribution >= 0.6 is 15.9 Å². The Bertz CT molecular complexity index is 572. The number of nitrogens with zero attached hydrogens (tertiary/aromatic N) is 2. The van der Waals surface area contributed by atoms with Crippen molar-refractivity contribution in [2.75, 3.05) is 5.43 Å². The number of pyridine rings is 1. The summed E-state index contributed by atoms with van der Waals surface area (Å²) in [6.45, 7) is 0. The predicted molar refractivity (Wildman–Crippen MR) is 69.9 cm³/mol. The second kappa shape index (κ2) is 4.95. The largest absolute Gasteiger partial charge is 0.308 e. The molecule has 4 nitrogen and oxygen atoms in total. The number of anilines is 1. The standard InChI is InChI=1S/C12H9BrN4/c13-11-10(5-6-16-12(11)17-15)9-3-1-8(7-14)2-4-9/h1-6H,15H2,(H,16,17). The number of hydrogen-bond acceptors (Lipinski definition) is 4. The number of halogens is 1. The van der Waals surface area contributed by atoms with E-state index in [4.69, 9.17) is 11.1 Å². The minimum absolute atomic E-state index is 0.576. The average Bonchev–Trinajstić information content (AvgIpc) is 2.39. The van der Waals surface area contributed by atoms with E-state index in [1.165, 1.54) is 0 Å². The van der Waals surface area contributed by atoms with Gasteiger partial charge in [-0.2, -0.15) is 5.26 Å². The first-order valence-electron chi connectivity index (χ1n) is 4.88. The maximum atomic E-state index is 8.74. The molecule has 0 aliphatic rings. The number of benzene rings is 1. The summed E-state index contributed by atoms with van der Waals surface area (Å²) in [7, 11) is 0. The molecule has 0 spiro atoms. The Morgan fingerprint density at radius 3 is 2.53 bits per heavy atom. The van der Waals surface area contributed by atoms with Crippen molar-refractivity contribution < 1.29 is 0 Å². The van der Waals surface area contributed by atoms with Gasteiger partial charge in [0.15, 0.2) is 5.82 Å². The number of hydrazine groups is 1. The van der Waals surface area contributed by atoms with Gasteiger partial charge in [-0.3, -0.25) is 0 Å². The summed E-state index contributed by atoms with van der Waals surface area (Å²) in [5.74, 6) is 5.93. The lowest BCUT2D eigenvalue weighted by molar-refractivity contribution is 1.22. The number of nitrogens with one attached hydrogen (secondary N) is 1. The van der Waals surface area contributed by atoms with Gasteiger partial charge in [0.1, 0.15) is 0 Å². The van der Waals surface area contributed by atoms with E-state index in [0.717, 1.165) is 15.6 Å². The first kappa shape index (κ1) is 11.6. The third-order valence-electron chi connectivity index (χ3n) is 2.35. The third-order valence-corrected chi connectivity index (χ3v) is 3.15. The van der Waals surface area contributed by atoms with Gasteiger partial charge in [-0.05, 0) is 39.7 Å². The highest BCUT2D eigenvalue weighted by atomic mass is 79.9. The van der Waals surface area contributed by atoms with Gasteiger partial charge in [-0.25, -0.2) is 10.8 Å². The topological polar surface area (TPSA) is 74.7 Å². The van der Waals surface area contributed by atoms with Crippen LogP contribution in [-0.4, -0.2) is 4.98 Å². The molecule has 0 aliphatic carbocycles. The Morgan fingerprint density at radius 1 is 1.24 bits per heavy atom. The van der Waals surface area contributed by atoms with Gasteiger partial charge in [0.05, 0.1) is 16.1 Å². The van der Waals surface area contributed by atoms with Crippen LogP contribution in [0.1, 0.15) is 5.56 Å².